The predicted octanol–water partition coefficient (Wildman–Crippen LogP) is 5.51. The molecule has 2 aromatic rings. The Morgan fingerprint density at radius 1 is 1.04 bits per heavy atom. The summed E-state index contributed by atoms with van der Waals surface area (Å²) in [7, 11) is 0. The van der Waals surface area contributed by atoms with Crippen molar-refractivity contribution in [1.82, 2.24) is 5.32 Å². The maximum Gasteiger partial charge on any atom is 0.251 e. The quantitative estimate of drug-likeness (QED) is 0.727. The maximum atomic E-state index is 12.8. The van der Waals surface area contributed by atoms with Crippen molar-refractivity contribution in [3.05, 3.63) is 65.2 Å². The Balaban J connectivity index is 1.54. The Kier molecular flexibility index (Phi) is 4.04. The summed E-state index contributed by atoms with van der Waals surface area (Å²) in [6.45, 7) is 6.09. The van der Waals surface area contributed by atoms with Crippen LogP contribution < -0.4 is 10.6 Å². The van der Waals surface area contributed by atoms with E-state index >= 15 is 0 Å². The van der Waals surface area contributed by atoms with E-state index in [4.69, 9.17) is 0 Å². The van der Waals surface area contributed by atoms with Crippen molar-refractivity contribution in [3.63, 3.8) is 0 Å². The molecule has 146 valence electrons. The Morgan fingerprint density at radius 2 is 1.79 bits per heavy atom. The second-order valence-electron chi connectivity index (χ2n) is 9.98. The van der Waals surface area contributed by atoms with Crippen molar-refractivity contribution >= 4 is 11.6 Å². The lowest BCUT2D eigenvalue weighted by Crippen LogP contribution is -2.41. The van der Waals surface area contributed by atoms with Crippen LogP contribution >= 0.6 is 0 Å². The second-order valence-corrected chi connectivity index (χ2v) is 9.98. The minimum Gasteiger partial charge on any atom is -0.378 e. The molecule has 1 heterocycles. The van der Waals surface area contributed by atoms with Crippen molar-refractivity contribution in [2.75, 3.05) is 5.32 Å². The molecule has 1 amide bonds. The number of fused-ring (bicyclic) bond motifs is 7. The first-order chi connectivity index (χ1) is 13.4. The zero-order chi connectivity index (χ0) is 19.5. The van der Waals surface area contributed by atoms with Gasteiger partial charge in [0, 0.05) is 16.8 Å². The molecular weight excluding hydrogens is 344 g/mol. The summed E-state index contributed by atoms with van der Waals surface area (Å²) in [5.41, 5.74) is 4.54. The van der Waals surface area contributed by atoms with Gasteiger partial charge in [-0.15, -0.1) is 0 Å². The highest BCUT2D eigenvalue weighted by Crippen LogP contribution is 2.63. The van der Waals surface area contributed by atoms with Crippen LogP contribution in [0.1, 0.15) is 73.5 Å². The minimum absolute atomic E-state index is 0.0280. The molecule has 1 aliphatic heterocycles. The van der Waals surface area contributed by atoms with Gasteiger partial charge in [-0.3, -0.25) is 4.79 Å². The van der Waals surface area contributed by atoms with Gasteiger partial charge in [0.05, 0.1) is 6.04 Å². The fourth-order valence-corrected chi connectivity index (χ4v) is 6.03. The number of carbonyl (C=O) groups excluding carboxylic acids is 1. The molecule has 28 heavy (non-hydrogen) atoms. The Morgan fingerprint density at radius 3 is 2.54 bits per heavy atom. The van der Waals surface area contributed by atoms with E-state index < -0.39 is 0 Å². The van der Waals surface area contributed by atoms with Crippen molar-refractivity contribution < 1.29 is 4.79 Å². The topological polar surface area (TPSA) is 41.1 Å². The van der Waals surface area contributed by atoms with E-state index in [-0.39, 0.29) is 11.4 Å². The van der Waals surface area contributed by atoms with Gasteiger partial charge >= 0.3 is 0 Å². The van der Waals surface area contributed by atoms with Crippen molar-refractivity contribution in [1.29, 1.82) is 0 Å². The van der Waals surface area contributed by atoms with Crippen LogP contribution in [0.3, 0.4) is 0 Å². The molecular formula is C25H30N2O. The van der Waals surface area contributed by atoms with Gasteiger partial charge in [-0.05, 0) is 93.0 Å². The molecule has 2 bridgehead atoms. The number of carbonyl (C=O) groups is 1. The number of nitrogens with one attached hydrogen (secondary N) is 2. The summed E-state index contributed by atoms with van der Waals surface area (Å²) in [5.74, 6) is 2.80. The number of hydrogen-bond donors (Lipinski definition) is 2. The number of benzene rings is 2. The largest absolute Gasteiger partial charge is 0.378 e. The molecule has 2 saturated carbocycles. The van der Waals surface area contributed by atoms with Gasteiger partial charge in [0.25, 0.3) is 5.91 Å². The van der Waals surface area contributed by atoms with Crippen LogP contribution in [-0.2, 0) is 0 Å². The maximum absolute atomic E-state index is 12.8. The van der Waals surface area contributed by atoms with Crippen molar-refractivity contribution in [2.24, 2.45) is 17.8 Å². The molecule has 5 rings (SSSR count). The number of hydrogen-bond acceptors (Lipinski definition) is 2. The van der Waals surface area contributed by atoms with E-state index in [0.717, 1.165) is 17.4 Å². The van der Waals surface area contributed by atoms with E-state index in [1.54, 1.807) is 0 Å². The van der Waals surface area contributed by atoms with E-state index in [2.05, 4.69) is 53.1 Å². The third-order valence-corrected chi connectivity index (χ3v) is 7.00. The predicted molar refractivity (Wildman–Crippen MR) is 114 cm³/mol. The normalized spacial score (nSPS) is 30.3. The third-order valence-electron chi connectivity index (χ3n) is 7.00. The lowest BCUT2D eigenvalue weighted by Gasteiger charge is -2.43. The molecule has 0 spiro atoms. The second kappa shape index (κ2) is 6.37. The molecule has 3 nitrogen and oxygen atoms in total. The van der Waals surface area contributed by atoms with E-state index in [0.29, 0.717) is 17.9 Å². The molecule has 5 atom stereocenters. The molecule has 3 aliphatic rings. The van der Waals surface area contributed by atoms with Crippen LogP contribution in [0.15, 0.2) is 48.5 Å². The molecule has 2 N–H and O–H groups in total. The number of rotatable bonds is 2. The fourth-order valence-electron chi connectivity index (χ4n) is 6.03. The summed E-state index contributed by atoms with van der Waals surface area (Å²) >= 11 is 0. The average Bonchev–Trinajstić information content (AvgIpc) is 3.29. The van der Waals surface area contributed by atoms with Crippen LogP contribution in [0.4, 0.5) is 5.69 Å². The zero-order valence-electron chi connectivity index (χ0n) is 17.0. The first-order valence-corrected chi connectivity index (χ1v) is 10.7. The van der Waals surface area contributed by atoms with Gasteiger partial charge in [0.1, 0.15) is 0 Å². The van der Waals surface area contributed by atoms with Crippen LogP contribution in [0.25, 0.3) is 0 Å². The summed E-state index contributed by atoms with van der Waals surface area (Å²) in [5, 5.41) is 6.96. The Bertz CT molecular complexity index is 899. The number of anilines is 1. The lowest BCUT2D eigenvalue weighted by atomic mass is 9.68. The van der Waals surface area contributed by atoms with Crippen LogP contribution in [0, 0.1) is 17.8 Å². The molecule has 2 fully saturated rings. The first-order valence-electron chi connectivity index (χ1n) is 10.7. The highest BCUT2D eigenvalue weighted by atomic mass is 16.1. The molecule has 0 aromatic heterocycles. The van der Waals surface area contributed by atoms with Crippen molar-refractivity contribution in [3.8, 4) is 0 Å². The average molecular weight is 375 g/mol. The third kappa shape index (κ3) is 2.92. The van der Waals surface area contributed by atoms with E-state index in [1.165, 1.54) is 36.1 Å². The standard InChI is InChI=1S/C25H30N2O/c1-25(2,3)27-24(28)18-11-12-20-19(14-18)21-16-9-10-17(13-16)22(21)23(26-20)15-7-5-4-6-8-15/h4-8,11-12,14,16-17,21-23,26H,9-10,13H2,1-3H3,(H,27,28)/t16-,17-,21-,22+,23-/m0/s1. The summed E-state index contributed by atoms with van der Waals surface area (Å²) < 4.78 is 0. The van der Waals surface area contributed by atoms with Gasteiger partial charge < -0.3 is 10.6 Å². The lowest BCUT2D eigenvalue weighted by molar-refractivity contribution is 0.0919. The van der Waals surface area contributed by atoms with Gasteiger partial charge in [-0.25, -0.2) is 0 Å². The zero-order valence-corrected chi connectivity index (χ0v) is 17.0. The number of amides is 1. The molecule has 0 unspecified atom stereocenters. The Labute approximate surface area is 167 Å². The highest BCUT2D eigenvalue weighted by molar-refractivity contribution is 5.95. The van der Waals surface area contributed by atoms with Crippen LogP contribution in [-0.4, -0.2) is 11.4 Å². The van der Waals surface area contributed by atoms with Crippen LogP contribution in [0.2, 0.25) is 0 Å². The van der Waals surface area contributed by atoms with Gasteiger partial charge in [0.2, 0.25) is 0 Å². The molecule has 0 radical (unpaired) electrons. The summed E-state index contributed by atoms with van der Waals surface area (Å²) in [4.78, 5) is 12.8. The summed E-state index contributed by atoms with van der Waals surface area (Å²) in [6, 6.07) is 17.6. The Hall–Kier alpha value is -2.29. The fraction of sp³-hybridized carbons (Fsp3) is 0.480. The van der Waals surface area contributed by atoms with Gasteiger partial charge in [-0.1, -0.05) is 30.3 Å². The molecule has 0 saturated heterocycles. The first kappa shape index (κ1) is 17.8. The highest BCUT2D eigenvalue weighted by Gasteiger charge is 2.53. The molecule has 2 aromatic carbocycles. The van der Waals surface area contributed by atoms with Gasteiger partial charge in [0.15, 0.2) is 0 Å². The van der Waals surface area contributed by atoms with E-state index in [1.807, 2.05) is 26.8 Å². The van der Waals surface area contributed by atoms with E-state index in [9.17, 15) is 4.79 Å². The monoisotopic (exact) mass is 374 g/mol. The SMILES string of the molecule is CC(C)(C)NC(=O)c1ccc2c(c1)[C@@H]1[C@H]3CC[C@@H](C3)[C@H]1[C@H](c1ccccc1)N2. The smallest absolute Gasteiger partial charge is 0.251 e. The summed E-state index contributed by atoms with van der Waals surface area (Å²) in [6.07, 6.45) is 4.04. The molecule has 2 aliphatic carbocycles. The van der Waals surface area contributed by atoms with Crippen molar-refractivity contribution in [2.45, 2.75) is 57.5 Å². The van der Waals surface area contributed by atoms with Gasteiger partial charge in [-0.2, -0.15) is 0 Å². The minimum atomic E-state index is -0.224. The molecule has 3 heteroatoms. The van der Waals surface area contributed by atoms with Crippen LogP contribution in [0.5, 0.6) is 0 Å².